The van der Waals surface area contributed by atoms with Crippen molar-refractivity contribution in [3.05, 3.63) is 23.5 Å². The van der Waals surface area contributed by atoms with Crippen LogP contribution in [0.15, 0.2) is 12.1 Å². The Morgan fingerprint density at radius 1 is 1.05 bits per heavy atom. The molecule has 1 saturated heterocycles. The van der Waals surface area contributed by atoms with Crippen molar-refractivity contribution in [2.45, 2.75) is 82.5 Å². The summed E-state index contributed by atoms with van der Waals surface area (Å²) in [7, 11) is 1.36. The van der Waals surface area contributed by atoms with Crippen molar-refractivity contribution in [2.75, 3.05) is 26.9 Å². The molecular formula is C30H41F2N3O6. The number of carbonyl (C=O) groups is 3. The summed E-state index contributed by atoms with van der Waals surface area (Å²) >= 11 is 0. The number of amides is 3. The van der Waals surface area contributed by atoms with E-state index in [4.69, 9.17) is 19.9 Å². The van der Waals surface area contributed by atoms with Gasteiger partial charge in [-0.05, 0) is 62.8 Å². The van der Waals surface area contributed by atoms with Crippen LogP contribution in [0, 0.1) is 29.0 Å². The van der Waals surface area contributed by atoms with E-state index in [9.17, 15) is 18.8 Å². The Morgan fingerprint density at radius 3 is 2.39 bits per heavy atom. The van der Waals surface area contributed by atoms with E-state index < -0.39 is 34.8 Å². The maximum absolute atomic E-state index is 15.1. The van der Waals surface area contributed by atoms with Crippen LogP contribution in [-0.4, -0.2) is 62.4 Å². The fourth-order valence-electron chi connectivity index (χ4n) is 7.13. The zero-order valence-corrected chi connectivity index (χ0v) is 23.8. The standard InChI is InChI=1S/C30H41F2N3O6/c1-29(28(33)38)7-5-19(6-8-29)41-23-14-20(22(39-2)15-21(23)31)26(36)35-25-18-4-3-17(13-18)24(25)27(37)34-16-30(32)9-11-40-12-10-30/h14-15,17-19,24-25H,3-13,16H2,1-2H3,(H2,33,38)(H,34,37)(H,35,36)/t17-,18+,19-,24+,25-,29+/m1/s1. The van der Waals surface area contributed by atoms with Crippen LogP contribution in [0.1, 0.15) is 75.1 Å². The van der Waals surface area contributed by atoms with E-state index >= 15 is 4.39 Å². The molecule has 3 aliphatic carbocycles. The molecule has 4 atom stereocenters. The molecule has 3 amide bonds. The highest BCUT2D eigenvalue weighted by molar-refractivity contribution is 5.98. The van der Waals surface area contributed by atoms with Crippen LogP contribution >= 0.6 is 0 Å². The summed E-state index contributed by atoms with van der Waals surface area (Å²) in [6, 6.07) is 2.04. The number of hydrogen-bond donors (Lipinski definition) is 3. The number of halogens is 2. The van der Waals surface area contributed by atoms with Gasteiger partial charge in [0.15, 0.2) is 11.6 Å². The van der Waals surface area contributed by atoms with Gasteiger partial charge in [0.25, 0.3) is 5.91 Å². The average molecular weight is 578 g/mol. The number of nitrogens with one attached hydrogen (secondary N) is 2. The van der Waals surface area contributed by atoms with Gasteiger partial charge >= 0.3 is 0 Å². The Balaban J connectivity index is 1.27. The molecule has 226 valence electrons. The van der Waals surface area contributed by atoms with Crippen LogP contribution in [0.4, 0.5) is 8.78 Å². The molecule has 0 unspecified atom stereocenters. The maximum atomic E-state index is 15.1. The van der Waals surface area contributed by atoms with Crippen LogP contribution in [0.25, 0.3) is 0 Å². The Labute approximate surface area is 239 Å². The second-order valence-electron chi connectivity index (χ2n) is 12.6. The van der Waals surface area contributed by atoms with Crippen molar-refractivity contribution >= 4 is 17.7 Å². The fraction of sp³-hybridized carbons (Fsp3) is 0.700. The van der Waals surface area contributed by atoms with Gasteiger partial charge in [-0.25, -0.2) is 8.78 Å². The predicted molar refractivity (Wildman–Crippen MR) is 146 cm³/mol. The number of ether oxygens (including phenoxy) is 3. The second kappa shape index (κ2) is 11.7. The van der Waals surface area contributed by atoms with Gasteiger partial charge < -0.3 is 30.6 Å². The molecule has 1 aromatic rings. The number of fused-ring (bicyclic) bond motifs is 2. The van der Waals surface area contributed by atoms with Crippen LogP contribution < -0.4 is 25.8 Å². The number of methoxy groups -OCH3 is 1. The summed E-state index contributed by atoms with van der Waals surface area (Å²) in [4.78, 5) is 38.6. The van der Waals surface area contributed by atoms with E-state index in [1.54, 1.807) is 0 Å². The molecule has 9 nitrogen and oxygen atoms in total. The van der Waals surface area contributed by atoms with Gasteiger partial charge in [-0.1, -0.05) is 6.92 Å². The van der Waals surface area contributed by atoms with Gasteiger partial charge in [-0.15, -0.1) is 0 Å². The maximum Gasteiger partial charge on any atom is 0.255 e. The highest BCUT2D eigenvalue weighted by atomic mass is 19.1. The number of hydrogen-bond acceptors (Lipinski definition) is 6. The normalized spacial score (nSPS) is 32.2. The van der Waals surface area contributed by atoms with E-state index in [2.05, 4.69) is 10.6 Å². The van der Waals surface area contributed by atoms with E-state index in [-0.39, 0.29) is 66.2 Å². The molecule has 4 aliphatic rings. The van der Waals surface area contributed by atoms with Gasteiger partial charge in [0.1, 0.15) is 11.4 Å². The van der Waals surface area contributed by atoms with Gasteiger partial charge in [0.2, 0.25) is 11.8 Å². The smallest absolute Gasteiger partial charge is 0.255 e. The summed E-state index contributed by atoms with van der Waals surface area (Å²) in [5.74, 6) is -1.99. The Kier molecular flexibility index (Phi) is 8.46. The summed E-state index contributed by atoms with van der Waals surface area (Å²) in [5, 5.41) is 5.85. The van der Waals surface area contributed by atoms with Crippen molar-refractivity contribution in [3.8, 4) is 11.5 Å². The minimum atomic E-state index is -1.49. The van der Waals surface area contributed by atoms with Crippen LogP contribution in [0.5, 0.6) is 11.5 Å². The molecule has 11 heteroatoms. The van der Waals surface area contributed by atoms with Gasteiger partial charge in [-0.3, -0.25) is 14.4 Å². The Hall–Kier alpha value is -2.95. The number of nitrogens with two attached hydrogens (primary N) is 1. The van der Waals surface area contributed by atoms with E-state index in [0.717, 1.165) is 25.3 Å². The highest BCUT2D eigenvalue weighted by Crippen LogP contribution is 2.49. The minimum Gasteiger partial charge on any atom is -0.496 e. The van der Waals surface area contributed by atoms with Crippen molar-refractivity contribution in [3.63, 3.8) is 0 Å². The lowest BCUT2D eigenvalue weighted by Crippen LogP contribution is -2.52. The lowest BCUT2D eigenvalue weighted by Gasteiger charge is -2.35. The molecule has 41 heavy (non-hydrogen) atoms. The molecule has 0 spiro atoms. The number of primary amides is 1. The van der Waals surface area contributed by atoms with Gasteiger partial charge in [-0.2, -0.15) is 0 Å². The first-order valence-electron chi connectivity index (χ1n) is 14.7. The lowest BCUT2D eigenvalue weighted by molar-refractivity contribution is -0.129. The number of carbonyl (C=O) groups excluding carboxylic acids is 3. The first kappa shape index (κ1) is 29.5. The molecular weight excluding hydrogens is 536 g/mol. The molecule has 3 saturated carbocycles. The van der Waals surface area contributed by atoms with Crippen LogP contribution in [0.3, 0.4) is 0 Å². The van der Waals surface area contributed by atoms with E-state index in [1.165, 1.54) is 13.2 Å². The molecule has 2 bridgehead atoms. The quantitative estimate of drug-likeness (QED) is 0.413. The third-order valence-electron chi connectivity index (χ3n) is 9.91. The molecule has 1 aliphatic heterocycles. The highest BCUT2D eigenvalue weighted by Gasteiger charge is 2.52. The average Bonchev–Trinajstić information content (AvgIpc) is 3.56. The second-order valence-corrected chi connectivity index (χ2v) is 12.6. The summed E-state index contributed by atoms with van der Waals surface area (Å²) in [5.41, 5.74) is 3.55. The Bertz CT molecular complexity index is 1170. The molecule has 1 aromatic carbocycles. The zero-order chi connectivity index (χ0) is 29.4. The summed E-state index contributed by atoms with van der Waals surface area (Å²) in [6.07, 6.45) is 4.87. The third kappa shape index (κ3) is 6.15. The van der Waals surface area contributed by atoms with Crippen molar-refractivity contribution < 1.29 is 37.4 Å². The van der Waals surface area contributed by atoms with Crippen molar-refractivity contribution in [1.82, 2.24) is 10.6 Å². The van der Waals surface area contributed by atoms with Gasteiger partial charge in [0, 0.05) is 43.6 Å². The van der Waals surface area contributed by atoms with Crippen molar-refractivity contribution in [1.29, 1.82) is 0 Å². The summed E-state index contributed by atoms with van der Waals surface area (Å²) < 4.78 is 46.6. The van der Waals surface area contributed by atoms with E-state index in [0.29, 0.717) is 38.9 Å². The molecule has 4 N–H and O–H groups in total. The first-order chi connectivity index (χ1) is 19.5. The lowest BCUT2D eigenvalue weighted by atomic mass is 9.74. The third-order valence-corrected chi connectivity index (χ3v) is 9.91. The largest absolute Gasteiger partial charge is 0.496 e. The molecule has 4 fully saturated rings. The molecule has 5 rings (SSSR count). The topological polar surface area (TPSA) is 129 Å². The predicted octanol–water partition coefficient (Wildman–Crippen LogP) is 3.43. The number of benzene rings is 1. The number of alkyl halides is 1. The first-order valence-corrected chi connectivity index (χ1v) is 14.7. The van der Waals surface area contributed by atoms with Crippen LogP contribution in [0.2, 0.25) is 0 Å². The zero-order valence-electron chi connectivity index (χ0n) is 23.8. The van der Waals surface area contributed by atoms with Crippen LogP contribution in [-0.2, 0) is 14.3 Å². The monoisotopic (exact) mass is 577 g/mol. The van der Waals surface area contributed by atoms with Crippen molar-refractivity contribution in [2.24, 2.45) is 28.9 Å². The SMILES string of the molecule is COc1cc(F)c(O[C@H]2CC[C@@](C)(C(N)=O)CC2)cc1C(=O)N[C@@H]1[C@H]2CC[C@H](C2)[C@@H]1C(=O)NCC1(F)CCOCC1. The number of rotatable bonds is 9. The molecule has 0 radical (unpaired) electrons. The summed E-state index contributed by atoms with van der Waals surface area (Å²) in [6.45, 7) is 2.41. The van der Waals surface area contributed by atoms with Gasteiger partial charge in [0.05, 0.1) is 31.2 Å². The Morgan fingerprint density at radius 2 is 1.73 bits per heavy atom. The molecule has 0 aromatic heterocycles. The van der Waals surface area contributed by atoms with E-state index in [1.807, 2.05) is 6.92 Å². The fourth-order valence-corrected chi connectivity index (χ4v) is 7.13. The minimum absolute atomic E-state index is 0.0559. The molecule has 1 heterocycles.